The number of hydrogen-bond donors (Lipinski definition) is 2. The second-order valence-electron chi connectivity index (χ2n) is 44.0. The van der Waals surface area contributed by atoms with E-state index in [-0.39, 0.29) is 118 Å². The summed E-state index contributed by atoms with van der Waals surface area (Å²) < 4.78 is 6.62. The van der Waals surface area contributed by atoms with Gasteiger partial charge in [-0.15, -0.1) is 71.3 Å². The predicted molar refractivity (Wildman–Crippen MR) is 562 cm³/mol. The summed E-state index contributed by atoms with van der Waals surface area (Å²) in [5.74, 6) is 2.97. The molecule has 137 heavy (non-hydrogen) atoms. The van der Waals surface area contributed by atoms with Gasteiger partial charge in [-0.1, -0.05) is 333 Å². The summed E-state index contributed by atoms with van der Waals surface area (Å²) in [5, 5.41) is 30.0. The first kappa shape index (κ1) is 101. The minimum atomic E-state index is -0.234. The van der Waals surface area contributed by atoms with Gasteiger partial charge in [0.15, 0.2) is 0 Å². The molecule has 9 heterocycles. The molecule has 19 aromatic rings. The van der Waals surface area contributed by atoms with Crippen molar-refractivity contribution in [2.75, 3.05) is 0 Å². The van der Waals surface area contributed by atoms with E-state index in [1.165, 1.54) is 33.2 Å². The van der Waals surface area contributed by atoms with Crippen LogP contribution in [-0.2, 0) is 119 Å². The molecule has 19 rings (SSSR count). The number of benzene rings is 10. The minimum absolute atomic E-state index is 0. The maximum Gasteiger partial charge on any atom is 2.00 e. The molecule has 0 unspecified atom stereocenters. The van der Waals surface area contributed by atoms with Crippen molar-refractivity contribution in [3.63, 3.8) is 0 Å². The Kier molecular flexibility index (Phi) is 28.6. The average Bonchev–Trinajstić information content (AvgIpc) is 1.59. The van der Waals surface area contributed by atoms with Crippen LogP contribution in [0.1, 0.15) is 211 Å². The summed E-state index contributed by atoms with van der Waals surface area (Å²) in [6.07, 6.45) is 5.58. The van der Waals surface area contributed by atoms with Crippen molar-refractivity contribution in [3.05, 3.63) is 348 Å². The Morgan fingerprint density at radius 1 is 0.255 bits per heavy atom. The molecule has 0 aliphatic heterocycles. The van der Waals surface area contributed by atoms with E-state index in [1.54, 1.807) is 0 Å². The molecule has 0 radical (unpaired) electrons. The van der Waals surface area contributed by atoms with Gasteiger partial charge in [0, 0.05) is 99.5 Å². The zero-order chi connectivity index (χ0) is 95.4. The van der Waals surface area contributed by atoms with Crippen molar-refractivity contribution in [1.29, 1.82) is 0 Å². The van der Waals surface area contributed by atoms with Crippen LogP contribution in [0.25, 0.3) is 162 Å². The van der Waals surface area contributed by atoms with Crippen LogP contribution in [-0.4, -0.2) is 53.8 Å². The number of aromatic nitrogens is 9. The van der Waals surface area contributed by atoms with Gasteiger partial charge in [0.25, 0.3) is 0 Å². The monoisotopic (exact) mass is 2360 g/mol. The molecule has 15 heteroatoms. The second kappa shape index (κ2) is 38.6. The molecule has 2 N–H and O–H groups in total. The van der Waals surface area contributed by atoms with E-state index in [1.807, 2.05) is 85.3 Å². The molecule has 9 aromatic heterocycles. The van der Waals surface area contributed by atoms with Crippen LogP contribution in [0.3, 0.4) is 0 Å². The van der Waals surface area contributed by atoms with Gasteiger partial charge < -0.3 is 51.5 Å². The van der Waals surface area contributed by atoms with Gasteiger partial charge in [0.1, 0.15) is 29.0 Å². The topological polar surface area (TPSA) is 133 Å². The third-order valence-corrected chi connectivity index (χ3v) is 26.2. The van der Waals surface area contributed by atoms with E-state index < -0.39 is 0 Å². The van der Waals surface area contributed by atoms with Crippen LogP contribution in [0.15, 0.2) is 290 Å². The third-order valence-electron chi connectivity index (χ3n) is 25.7. The third kappa shape index (κ3) is 20.6. The number of fused-ring (bicyclic) bond motifs is 9. The van der Waals surface area contributed by atoms with Gasteiger partial charge in [0.05, 0.1) is 17.1 Å². The largest absolute Gasteiger partial charge is 2.00 e. The van der Waals surface area contributed by atoms with Crippen molar-refractivity contribution in [2.24, 2.45) is 0 Å². The number of para-hydroxylation sites is 3. The van der Waals surface area contributed by atoms with Crippen molar-refractivity contribution in [2.45, 2.75) is 214 Å². The van der Waals surface area contributed by atoms with Gasteiger partial charge >= 0.3 is 21.1 Å². The molecular formula is C122H121N9O2Pt3S-2. The number of phenols is 2. The number of hydrogen-bond acceptors (Lipinski definition) is 9. The molecule has 0 aliphatic rings. The summed E-state index contributed by atoms with van der Waals surface area (Å²) >= 11 is 6.25. The zero-order valence-corrected chi connectivity index (χ0v) is 90.5. The smallest absolute Gasteiger partial charge is 0.779 e. The summed E-state index contributed by atoms with van der Waals surface area (Å²) in [5.41, 5.74) is 26.9. The Balaban J connectivity index is 0.000000163. The first-order chi connectivity index (χ1) is 63.2. The van der Waals surface area contributed by atoms with Crippen LogP contribution in [0, 0.1) is 18.2 Å². The second-order valence-corrected chi connectivity index (χ2v) is 44.4. The van der Waals surface area contributed by atoms with Crippen LogP contribution in [0.2, 0.25) is 0 Å². The first-order valence-electron chi connectivity index (χ1n) is 46.6. The first-order valence-corrected chi connectivity index (χ1v) is 47.0. The minimum Gasteiger partial charge on any atom is -0.779 e. The van der Waals surface area contributed by atoms with Gasteiger partial charge in [-0.2, -0.15) is 4.90 Å². The number of phenolic OH excluding ortho intramolecular Hbond substituents is 2. The Hall–Kier alpha value is -11.6. The molecule has 0 atom stereocenters. The van der Waals surface area contributed by atoms with Crippen LogP contribution < -0.4 is 0 Å². The van der Waals surface area contributed by atoms with Crippen molar-refractivity contribution in [3.8, 4) is 108 Å². The predicted octanol–water partition coefficient (Wildman–Crippen LogP) is 31.5. The normalized spacial score (nSPS) is 12.3. The van der Waals surface area contributed by atoms with Crippen LogP contribution in [0.4, 0.5) is 0 Å². The Morgan fingerprint density at radius 3 is 1.01 bits per heavy atom. The number of nitrogens with zero attached hydrogens (tertiary/aromatic N) is 9. The van der Waals surface area contributed by atoms with E-state index in [9.17, 15) is 10.2 Å². The Morgan fingerprint density at radius 2 is 0.599 bits per heavy atom. The van der Waals surface area contributed by atoms with Crippen LogP contribution in [0.5, 0.6) is 11.5 Å². The van der Waals surface area contributed by atoms with Gasteiger partial charge in [-0.05, 0) is 223 Å². The fourth-order valence-corrected chi connectivity index (χ4v) is 18.4. The van der Waals surface area contributed by atoms with Gasteiger partial charge in [-0.25, -0.2) is 15.0 Å². The van der Waals surface area contributed by atoms with Crippen molar-refractivity contribution < 1.29 is 73.4 Å². The molecule has 0 fully saturated rings. The number of aromatic hydroxyl groups is 2. The molecule has 10 aromatic carbocycles. The summed E-state index contributed by atoms with van der Waals surface area (Å²) in [6.45, 7) is 53.0. The quantitative estimate of drug-likeness (QED) is 0.101. The van der Waals surface area contributed by atoms with E-state index in [4.69, 9.17) is 37.5 Å². The molecule has 704 valence electrons. The summed E-state index contributed by atoms with van der Waals surface area (Å²) in [6, 6.07) is 104. The average molecular weight is 2360 g/mol. The summed E-state index contributed by atoms with van der Waals surface area (Å²) in [7, 11) is 0. The maximum atomic E-state index is 11.6. The number of rotatable bonds is 10. The van der Waals surface area contributed by atoms with E-state index in [2.05, 4.69) is 403 Å². The Bertz CT molecular complexity index is 7740. The van der Waals surface area contributed by atoms with Crippen molar-refractivity contribution in [1.82, 2.24) is 43.6 Å². The molecular weight excluding hydrogens is 2240 g/mol. The maximum absolute atomic E-state index is 11.6. The standard InChI is InChI=1S/C42H38N3O.C40H42N3O.C40H42N3S.3Pt/c1-41(2,3)30-25-33(40(46)34(26-30)42(4,5)6)35-16-12-18-39(44-35)45-37-17-11-10-15-31(37)32-20-19-29(24-38(32)45)36-23-28(21-22-43-36)27-13-8-7-9-14-27;1-38(2,3)26-19-20-41-33(24-26)25-17-18-29-28-13-10-11-15-34(28)43(35(29)21-25)36-16-12-14-32(42-36)30-22-27(39(4,5)6)23-31(37(30)44)40(7,8)9;1-38(2,3)26-21-30(37(44)31(22-26)40(7,8)9)33-23-27(39(4,5)6)24-36(42-33)43-34-16-11-10-14-28(34)29-18-17-25(20-35(29)43)32-15-12-13-19-41-32;;;/h7-23,25-26,46H,1-6H3;10-20,22-24,44H,1-9H3;10-19,21-24,44H,1-9H3;;;/q3*-1;;;+2/p-1. The SMILES string of the molecule is CC(C)(C)c1cc(-c2cc(C(C)(C)C)cc(C(C)(C)C)c2[S-])nc(-n2c3[c-]c(-c4ccccn4)ccc3c3ccccc32)c1.CC(C)(C)c1cc(-c2cccc(-n3c4[c-]c(-c5cc(-c6ccccc6)ccn5)ccc4c4ccccc43)n2)c(O)c(C(C)(C)C)c1.CC(C)(C)c1ccnc(-c2[c-]c3c(cc2)c2ccccc2n3-c2cccc(-c3cc(C(C)(C)C)cc(C(C)(C)C)c3O)n2)c1.[Pt+2].[Pt].[Pt]. The van der Waals surface area contributed by atoms with Gasteiger partial charge in [-0.3, -0.25) is 0 Å². The molecule has 0 spiro atoms. The van der Waals surface area contributed by atoms with E-state index in [0.29, 0.717) is 0 Å². The van der Waals surface area contributed by atoms with Gasteiger partial charge in [0.2, 0.25) is 0 Å². The van der Waals surface area contributed by atoms with E-state index >= 15 is 0 Å². The molecule has 0 saturated heterocycles. The molecule has 0 bridgehead atoms. The number of pyridine rings is 6. The molecule has 0 saturated carbocycles. The molecule has 11 nitrogen and oxygen atoms in total. The zero-order valence-electron chi connectivity index (χ0n) is 82.9. The van der Waals surface area contributed by atoms with Crippen molar-refractivity contribution >= 4 is 78.0 Å². The fraction of sp³-hybridized carbons (Fsp3) is 0.262. The molecule has 0 amide bonds. The summed E-state index contributed by atoms with van der Waals surface area (Å²) in [4.78, 5) is 30.8. The fourth-order valence-electron chi connectivity index (χ4n) is 17.9. The molecule has 0 aliphatic carbocycles. The van der Waals surface area contributed by atoms with E-state index in [0.717, 1.165) is 178 Å². The Labute approximate surface area is 857 Å². The van der Waals surface area contributed by atoms with Crippen LogP contribution >= 0.6 is 0 Å².